The van der Waals surface area contributed by atoms with Crippen LogP contribution in [0.25, 0.3) is 10.8 Å². The van der Waals surface area contributed by atoms with Gasteiger partial charge >= 0.3 is 0 Å². The van der Waals surface area contributed by atoms with Crippen molar-refractivity contribution in [1.82, 2.24) is 5.32 Å². The van der Waals surface area contributed by atoms with Crippen LogP contribution >= 0.6 is 0 Å². The van der Waals surface area contributed by atoms with Crippen LogP contribution < -0.4 is 10.1 Å². The molecule has 0 radical (unpaired) electrons. The van der Waals surface area contributed by atoms with Crippen LogP contribution in [0.5, 0.6) is 5.75 Å². The largest absolute Gasteiger partial charge is 0.488 e. The number of rotatable bonds is 5. The van der Waals surface area contributed by atoms with E-state index >= 15 is 0 Å². The number of hydrogen-bond acceptors (Lipinski definition) is 2. The molecule has 0 amide bonds. The summed E-state index contributed by atoms with van der Waals surface area (Å²) in [4.78, 5) is 0. The highest BCUT2D eigenvalue weighted by Gasteiger charge is 2.26. The first-order valence-electron chi connectivity index (χ1n) is 8.26. The average molecular weight is 283 g/mol. The fourth-order valence-corrected chi connectivity index (χ4v) is 3.26. The summed E-state index contributed by atoms with van der Waals surface area (Å²) in [6, 6.07) is 15.3. The maximum atomic E-state index is 6.42. The van der Waals surface area contributed by atoms with E-state index in [-0.39, 0.29) is 0 Å². The molecule has 0 spiro atoms. The Morgan fingerprint density at radius 2 is 1.86 bits per heavy atom. The molecule has 21 heavy (non-hydrogen) atoms. The van der Waals surface area contributed by atoms with E-state index in [0.29, 0.717) is 12.1 Å². The third kappa shape index (κ3) is 3.38. The topological polar surface area (TPSA) is 21.3 Å². The molecular formula is C19H25NO. The quantitative estimate of drug-likeness (QED) is 0.870. The first-order chi connectivity index (χ1) is 10.4. The minimum absolute atomic E-state index is 0.302. The molecule has 3 rings (SSSR count). The predicted molar refractivity (Wildman–Crippen MR) is 88.9 cm³/mol. The maximum absolute atomic E-state index is 6.42. The van der Waals surface area contributed by atoms with Gasteiger partial charge in [0.1, 0.15) is 11.9 Å². The van der Waals surface area contributed by atoms with Crippen LogP contribution in [0.4, 0.5) is 0 Å². The second kappa shape index (κ2) is 6.95. The molecule has 0 bridgehead atoms. The van der Waals surface area contributed by atoms with Crippen LogP contribution in [0.1, 0.15) is 39.0 Å². The van der Waals surface area contributed by atoms with Gasteiger partial charge in [0.25, 0.3) is 0 Å². The molecule has 1 aliphatic carbocycles. The number of fused-ring (bicyclic) bond motifs is 1. The average Bonchev–Trinajstić information content (AvgIpc) is 2.54. The number of ether oxygens (including phenoxy) is 1. The molecule has 1 saturated carbocycles. The van der Waals surface area contributed by atoms with E-state index in [4.69, 9.17) is 4.74 Å². The smallest absolute Gasteiger partial charge is 0.127 e. The molecule has 2 heteroatoms. The molecule has 1 aliphatic rings. The highest BCUT2D eigenvalue weighted by Crippen LogP contribution is 2.29. The lowest BCUT2D eigenvalue weighted by Gasteiger charge is -2.33. The molecule has 2 nitrogen and oxygen atoms in total. The number of benzene rings is 2. The van der Waals surface area contributed by atoms with Crippen molar-refractivity contribution in [3.05, 3.63) is 42.5 Å². The molecule has 1 fully saturated rings. The van der Waals surface area contributed by atoms with Crippen LogP contribution in [0.15, 0.2) is 42.5 Å². The second-order valence-electron chi connectivity index (χ2n) is 5.98. The Hall–Kier alpha value is -1.54. The van der Waals surface area contributed by atoms with Crippen molar-refractivity contribution in [2.24, 2.45) is 0 Å². The van der Waals surface area contributed by atoms with Gasteiger partial charge in [-0.1, -0.05) is 49.7 Å². The molecule has 1 N–H and O–H groups in total. The highest BCUT2D eigenvalue weighted by molar-refractivity contribution is 5.88. The van der Waals surface area contributed by atoms with E-state index in [1.807, 2.05) is 0 Å². The monoisotopic (exact) mass is 283 g/mol. The van der Waals surface area contributed by atoms with Crippen molar-refractivity contribution in [3.63, 3.8) is 0 Å². The highest BCUT2D eigenvalue weighted by atomic mass is 16.5. The third-order valence-corrected chi connectivity index (χ3v) is 4.39. The van der Waals surface area contributed by atoms with Crippen LogP contribution in [-0.2, 0) is 0 Å². The number of hydrogen-bond donors (Lipinski definition) is 1. The van der Waals surface area contributed by atoms with Crippen molar-refractivity contribution in [3.8, 4) is 5.75 Å². The van der Waals surface area contributed by atoms with E-state index in [2.05, 4.69) is 54.7 Å². The van der Waals surface area contributed by atoms with Gasteiger partial charge in [-0.05, 0) is 43.7 Å². The lowest BCUT2D eigenvalue weighted by Crippen LogP contribution is -2.45. The third-order valence-electron chi connectivity index (χ3n) is 4.39. The maximum Gasteiger partial charge on any atom is 0.127 e. The fourth-order valence-electron chi connectivity index (χ4n) is 3.26. The summed E-state index contributed by atoms with van der Waals surface area (Å²) in [6.07, 6.45) is 6.46. The molecule has 0 saturated heterocycles. The van der Waals surface area contributed by atoms with Gasteiger partial charge in [0.2, 0.25) is 0 Å². The standard InChI is InChI=1S/C19H25NO/c1-2-14-20-17-11-5-6-12-19(17)21-18-13-7-9-15-8-3-4-10-16(15)18/h3-4,7-10,13,17,19-20H,2,5-6,11-12,14H2,1H3. The van der Waals surface area contributed by atoms with E-state index < -0.39 is 0 Å². The Kier molecular flexibility index (Phi) is 4.76. The Bertz CT molecular complexity index is 575. The normalized spacial score (nSPS) is 22.3. The number of nitrogens with one attached hydrogen (secondary N) is 1. The van der Waals surface area contributed by atoms with Gasteiger partial charge in [0.15, 0.2) is 0 Å². The summed E-state index contributed by atoms with van der Waals surface area (Å²) in [5.74, 6) is 1.03. The van der Waals surface area contributed by atoms with Crippen molar-refractivity contribution >= 4 is 10.8 Å². The Morgan fingerprint density at radius 1 is 1.05 bits per heavy atom. The summed E-state index contributed by atoms with van der Waals surface area (Å²) in [7, 11) is 0. The van der Waals surface area contributed by atoms with Gasteiger partial charge < -0.3 is 10.1 Å². The lowest BCUT2D eigenvalue weighted by atomic mass is 9.92. The molecule has 2 aromatic carbocycles. The van der Waals surface area contributed by atoms with Crippen LogP contribution in [0.2, 0.25) is 0 Å². The van der Waals surface area contributed by atoms with E-state index in [1.165, 1.54) is 36.5 Å². The van der Waals surface area contributed by atoms with Crippen LogP contribution in [0, 0.1) is 0 Å². The fraction of sp³-hybridized carbons (Fsp3) is 0.474. The summed E-state index contributed by atoms with van der Waals surface area (Å²) in [5.41, 5.74) is 0. The Morgan fingerprint density at radius 3 is 2.76 bits per heavy atom. The second-order valence-corrected chi connectivity index (χ2v) is 5.98. The Labute approximate surface area is 127 Å². The SMILES string of the molecule is CCCNC1CCCCC1Oc1cccc2ccccc12. The predicted octanol–water partition coefficient (Wildman–Crippen LogP) is 4.53. The molecular weight excluding hydrogens is 258 g/mol. The minimum atomic E-state index is 0.302. The summed E-state index contributed by atoms with van der Waals surface area (Å²) in [6.45, 7) is 3.30. The minimum Gasteiger partial charge on any atom is -0.488 e. The van der Waals surface area contributed by atoms with Crippen molar-refractivity contribution < 1.29 is 4.74 Å². The summed E-state index contributed by atoms with van der Waals surface area (Å²) < 4.78 is 6.42. The van der Waals surface area contributed by atoms with Gasteiger partial charge in [0.05, 0.1) is 0 Å². The van der Waals surface area contributed by atoms with Gasteiger partial charge in [0, 0.05) is 11.4 Å². The zero-order chi connectivity index (χ0) is 14.5. The van der Waals surface area contributed by atoms with Gasteiger partial charge in [-0.2, -0.15) is 0 Å². The molecule has 0 heterocycles. The lowest BCUT2D eigenvalue weighted by molar-refractivity contribution is 0.115. The van der Waals surface area contributed by atoms with Gasteiger partial charge in [-0.15, -0.1) is 0 Å². The van der Waals surface area contributed by atoms with Crippen molar-refractivity contribution in [2.75, 3.05) is 6.54 Å². The van der Waals surface area contributed by atoms with E-state index in [9.17, 15) is 0 Å². The zero-order valence-electron chi connectivity index (χ0n) is 12.8. The zero-order valence-corrected chi connectivity index (χ0v) is 12.8. The van der Waals surface area contributed by atoms with Crippen LogP contribution in [0.3, 0.4) is 0 Å². The molecule has 2 aromatic rings. The van der Waals surface area contributed by atoms with Crippen molar-refractivity contribution in [1.29, 1.82) is 0 Å². The first-order valence-corrected chi connectivity index (χ1v) is 8.26. The summed E-state index contributed by atoms with van der Waals surface area (Å²) >= 11 is 0. The molecule has 2 unspecified atom stereocenters. The van der Waals surface area contributed by atoms with Crippen molar-refractivity contribution in [2.45, 2.75) is 51.2 Å². The Balaban J connectivity index is 1.79. The van der Waals surface area contributed by atoms with E-state index in [0.717, 1.165) is 18.7 Å². The molecule has 112 valence electrons. The van der Waals surface area contributed by atoms with Crippen LogP contribution in [-0.4, -0.2) is 18.7 Å². The molecule has 0 aliphatic heterocycles. The molecule has 2 atom stereocenters. The van der Waals surface area contributed by atoms with E-state index in [1.54, 1.807) is 0 Å². The summed E-state index contributed by atoms with van der Waals surface area (Å²) in [5, 5.41) is 6.14. The van der Waals surface area contributed by atoms with Gasteiger partial charge in [-0.25, -0.2) is 0 Å². The van der Waals surface area contributed by atoms with Gasteiger partial charge in [-0.3, -0.25) is 0 Å². The first kappa shape index (κ1) is 14.4. The molecule has 0 aromatic heterocycles.